The van der Waals surface area contributed by atoms with Crippen molar-refractivity contribution >= 4 is 35.9 Å². The summed E-state index contributed by atoms with van der Waals surface area (Å²) in [5.41, 5.74) is 4.19. The van der Waals surface area contributed by atoms with E-state index in [0.29, 0.717) is 5.56 Å². The van der Waals surface area contributed by atoms with Crippen molar-refractivity contribution in [3.8, 4) is 11.5 Å². The summed E-state index contributed by atoms with van der Waals surface area (Å²) in [6, 6.07) is 4.13. The van der Waals surface area contributed by atoms with Crippen LogP contribution in [0, 0.1) is 5.41 Å². The number of carbonyl (C=O) groups excluding carboxylic acids is 2. The number of phenolic OH excluding ortho intramolecular Hbond substituents is 2. The third kappa shape index (κ3) is 6.55. The molecule has 1 unspecified atom stereocenters. The molecular weight excluding hydrogens is 385 g/mol. The molecule has 1 rings (SSSR count). The van der Waals surface area contributed by atoms with Gasteiger partial charge in [-0.2, -0.15) is 0 Å². The van der Waals surface area contributed by atoms with Crippen molar-refractivity contribution in [2.45, 2.75) is 45.9 Å². The number of rotatable bonds is 7. The van der Waals surface area contributed by atoms with E-state index in [2.05, 4.69) is 0 Å². The van der Waals surface area contributed by atoms with Gasteiger partial charge in [-0.05, 0) is 38.5 Å². The molecule has 0 amide bonds. The Kier molecular flexibility index (Phi) is 8.69. The van der Waals surface area contributed by atoms with Crippen LogP contribution in [0.4, 0.5) is 0 Å². The molecule has 9 heteroatoms. The quantitative estimate of drug-likeness (QED) is 0.273. The molecule has 2 atom stereocenters. The van der Waals surface area contributed by atoms with Crippen LogP contribution >= 0.6 is 24.0 Å². The zero-order valence-corrected chi connectivity index (χ0v) is 16.7. The third-order valence-electron chi connectivity index (χ3n) is 3.51. The van der Waals surface area contributed by atoms with E-state index < -0.39 is 29.2 Å². The van der Waals surface area contributed by atoms with Gasteiger partial charge in [0, 0.05) is 19.2 Å². The van der Waals surface area contributed by atoms with Gasteiger partial charge in [0.15, 0.2) is 11.5 Å². The fraction of sp³-hybridized carbons (Fsp3) is 0.529. The van der Waals surface area contributed by atoms with Crippen LogP contribution in [-0.2, 0) is 25.5 Å². The molecule has 26 heavy (non-hydrogen) atoms. The van der Waals surface area contributed by atoms with E-state index in [1.165, 1.54) is 32.0 Å². The standard InChI is InChI=1S/C17H24ClNO6.ClH/c1-10(24-14(22)16(2,3)9-18)25-15(23)17(4,19)8-11-5-6-12(20)13(21)7-11;/h5-7,10,20-21H,8-9,19H2,1-4H3;1H/t10?,17-;/m0./s1. The molecule has 7 nitrogen and oxygen atoms in total. The number of carbonyl (C=O) groups is 2. The smallest absolute Gasteiger partial charge is 0.329 e. The lowest BCUT2D eigenvalue weighted by atomic mass is 9.94. The first kappa shape index (κ1) is 24.3. The summed E-state index contributed by atoms with van der Waals surface area (Å²) in [6.45, 7) is 6.08. The maximum absolute atomic E-state index is 12.3. The van der Waals surface area contributed by atoms with Crippen LogP contribution in [0.25, 0.3) is 0 Å². The Hall–Kier alpha value is -1.70. The van der Waals surface area contributed by atoms with Gasteiger partial charge in [0.05, 0.1) is 5.41 Å². The maximum atomic E-state index is 12.3. The zero-order valence-electron chi connectivity index (χ0n) is 15.1. The molecule has 0 bridgehead atoms. The predicted octanol–water partition coefficient (Wildman–Crippen LogP) is 2.48. The minimum absolute atomic E-state index is 0. The number of hydrogen-bond donors (Lipinski definition) is 3. The van der Waals surface area contributed by atoms with Gasteiger partial charge in [0.25, 0.3) is 0 Å². The second-order valence-electron chi connectivity index (χ2n) is 6.81. The molecule has 0 saturated heterocycles. The highest BCUT2D eigenvalue weighted by Gasteiger charge is 2.34. The van der Waals surface area contributed by atoms with Crippen molar-refractivity contribution in [1.82, 2.24) is 0 Å². The molecule has 1 aromatic rings. The second kappa shape index (κ2) is 9.30. The van der Waals surface area contributed by atoms with Gasteiger partial charge in [-0.25, -0.2) is 4.79 Å². The molecule has 0 aliphatic rings. The van der Waals surface area contributed by atoms with E-state index in [9.17, 15) is 19.8 Å². The Labute approximate surface area is 163 Å². The van der Waals surface area contributed by atoms with Crippen molar-refractivity contribution < 1.29 is 29.3 Å². The van der Waals surface area contributed by atoms with Gasteiger partial charge < -0.3 is 25.4 Å². The number of aromatic hydroxyl groups is 2. The summed E-state index contributed by atoms with van der Waals surface area (Å²) >= 11 is 5.70. The average molecular weight is 410 g/mol. The number of ether oxygens (including phenoxy) is 2. The van der Waals surface area contributed by atoms with Crippen LogP contribution in [-0.4, -0.2) is 39.9 Å². The summed E-state index contributed by atoms with van der Waals surface area (Å²) in [4.78, 5) is 24.2. The van der Waals surface area contributed by atoms with Crippen LogP contribution in [0.1, 0.15) is 33.3 Å². The Morgan fingerprint density at radius 1 is 1.15 bits per heavy atom. The molecule has 148 valence electrons. The van der Waals surface area contributed by atoms with Gasteiger partial charge in [-0.1, -0.05) is 6.07 Å². The topological polar surface area (TPSA) is 119 Å². The second-order valence-corrected chi connectivity index (χ2v) is 7.08. The maximum Gasteiger partial charge on any atom is 0.329 e. The number of alkyl halides is 1. The molecule has 0 heterocycles. The van der Waals surface area contributed by atoms with Gasteiger partial charge in [-0.3, -0.25) is 4.79 Å². The fourth-order valence-electron chi connectivity index (χ4n) is 1.85. The van der Waals surface area contributed by atoms with Gasteiger partial charge >= 0.3 is 11.9 Å². The van der Waals surface area contributed by atoms with Gasteiger partial charge in [-0.15, -0.1) is 24.0 Å². The first-order valence-corrected chi connectivity index (χ1v) is 8.20. The summed E-state index contributed by atoms with van der Waals surface area (Å²) in [5, 5.41) is 18.8. The SMILES string of the molecule is CC(OC(=O)C(C)(C)CCl)OC(=O)[C@@](C)(N)Cc1ccc(O)c(O)c1.Cl. The van der Waals surface area contributed by atoms with E-state index in [-0.39, 0.29) is 36.2 Å². The molecule has 0 aliphatic heterocycles. The highest BCUT2D eigenvalue weighted by atomic mass is 35.5. The fourth-order valence-corrected chi connectivity index (χ4v) is 1.96. The van der Waals surface area contributed by atoms with Gasteiger partial charge in [0.2, 0.25) is 6.29 Å². The number of esters is 2. The number of hydrogen-bond acceptors (Lipinski definition) is 7. The van der Waals surface area contributed by atoms with E-state index in [4.69, 9.17) is 26.8 Å². The minimum Gasteiger partial charge on any atom is -0.504 e. The minimum atomic E-state index is -1.42. The highest BCUT2D eigenvalue weighted by molar-refractivity contribution is 6.19. The van der Waals surface area contributed by atoms with E-state index in [1.807, 2.05) is 0 Å². The lowest BCUT2D eigenvalue weighted by Crippen LogP contribution is -2.49. The highest BCUT2D eigenvalue weighted by Crippen LogP contribution is 2.27. The van der Waals surface area contributed by atoms with Crippen LogP contribution in [0.3, 0.4) is 0 Å². The Bertz CT molecular complexity index is 648. The lowest BCUT2D eigenvalue weighted by Gasteiger charge is -2.27. The number of benzene rings is 1. The molecule has 4 N–H and O–H groups in total. The number of halogens is 2. The Balaban J connectivity index is 0.00000625. The molecule has 0 fully saturated rings. The normalized spacial score (nSPS) is 14.5. The first-order valence-electron chi connectivity index (χ1n) is 7.67. The monoisotopic (exact) mass is 409 g/mol. The van der Waals surface area contributed by atoms with Crippen molar-refractivity contribution in [3.05, 3.63) is 23.8 Å². The summed E-state index contributed by atoms with van der Waals surface area (Å²) in [6.07, 6.45) is -1.08. The first-order chi connectivity index (χ1) is 11.4. The van der Waals surface area contributed by atoms with E-state index >= 15 is 0 Å². The molecule has 0 aromatic heterocycles. The van der Waals surface area contributed by atoms with Crippen LogP contribution in [0.2, 0.25) is 0 Å². The van der Waals surface area contributed by atoms with Crippen molar-refractivity contribution in [2.75, 3.05) is 5.88 Å². The van der Waals surface area contributed by atoms with Crippen LogP contribution in [0.15, 0.2) is 18.2 Å². The van der Waals surface area contributed by atoms with Crippen molar-refractivity contribution in [1.29, 1.82) is 0 Å². The molecule has 0 spiro atoms. The summed E-state index contributed by atoms with van der Waals surface area (Å²) < 4.78 is 10.2. The van der Waals surface area contributed by atoms with Gasteiger partial charge in [0.1, 0.15) is 5.54 Å². The summed E-state index contributed by atoms with van der Waals surface area (Å²) in [5.74, 6) is -1.89. The summed E-state index contributed by atoms with van der Waals surface area (Å²) in [7, 11) is 0. The van der Waals surface area contributed by atoms with E-state index in [1.54, 1.807) is 13.8 Å². The van der Waals surface area contributed by atoms with Crippen LogP contribution in [0.5, 0.6) is 11.5 Å². The van der Waals surface area contributed by atoms with Crippen molar-refractivity contribution in [2.24, 2.45) is 11.1 Å². The number of nitrogens with two attached hydrogens (primary N) is 1. The molecular formula is C17H25Cl2NO6. The molecule has 0 radical (unpaired) electrons. The predicted molar refractivity (Wildman–Crippen MR) is 99.5 cm³/mol. The molecule has 1 aromatic carbocycles. The van der Waals surface area contributed by atoms with Crippen LogP contribution < -0.4 is 5.73 Å². The molecule has 0 saturated carbocycles. The van der Waals surface area contributed by atoms with Crippen molar-refractivity contribution in [3.63, 3.8) is 0 Å². The zero-order chi connectivity index (χ0) is 19.4. The Morgan fingerprint density at radius 2 is 1.69 bits per heavy atom. The average Bonchev–Trinajstić information content (AvgIpc) is 2.50. The van der Waals surface area contributed by atoms with E-state index in [0.717, 1.165) is 0 Å². The lowest BCUT2D eigenvalue weighted by molar-refractivity contribution is -0.193. The Morgan fingerprint density at radius 3 is 2.19 bits per heavy atom. The third-order valence-corrected chi connectivity index (χ3v) is 4.18. The number of phenols is 2. The molecule has 0 aliphatic carbocycles. The largest absolute Gasteiger partial charge is 0.504 e.